The lowest BCUT2D eigenvalue weighted by Crippen LogP contribution is -2.10. The van der Waals surface area contributed by atoms with Crippen molar-refractivity contribution >= 4 is 17.5 Å². The van der Waals surface area contributed by atoms with Crippen LogP contribution in [0.2, 0.25) is 5.02 Å². The van der Waals surface area contributed by atoms with Crippen molar-refractivity contribution in [3.63, 3.8) is 0 Å². The van der Waals surface area contributed by atoms with Crippen molar-refractivity contribution in [2.24, 2.45) is 11.5 Å². The molecule has 2 aromatic rings. The molecule has 0 aliphatic rings. The largest absolute Gasteiger partial charge is 0.366 e. The zero-order chi connectivity index (χ0) is 12.4. The number of hydrogen-bond donors (Lipinski definition) is 2. The molecule has 5 nitrogen and oxygen atoms in total. The summed E-state index contributed by atoms with van der Waals surface area (Å²) in [5.74, 6) is -0.521. The molecule has 0 saturated heterocycles. The van der Waals surface area contributed by atoms with Gasteiger partial charge in [-0.05, 0) is 12.1 Å². The van der Waals surface area contributed by atoms with E-state index in [0.29, 0.717) is 17.1 Å². The quantitative estimate of drug-likeness (QED) is 0.855. The molecule has 4 N–H and O–H groups in total. The second kappa shape index (κ2) is 4.57. The maximum absolute atomic E-state index is 11.0. The van der Waals surface area contributed by atoms with E-state index in [-0.39, 0.29) is 0 Å². The molecule has 1 aromatic carbocycles. The van der Waals surface area contributed by atoms with E-state index in [1.807, 2.05) is 6.07 Å². The third-order valence-electron chi connectivity index (χ3n) is 2.41. The van der Waals surface area contributed by atoms with Crippen molar-refractivity contribution in [1.29, 1.82) is 0 Å². The van der Waals surface area contributed by atoms with E-state index < -0.39 is 5.91 Å². The van der Waals surface area contributed by atoms with E-state index in [2.05, 4.69) is 5.10 Å². The SMILES string of the molecule is NCc1c(Cl)cccc1-n1cc(C(N)=O)cn1. The van der Waals surface area contributed by atoms with Crippen LogP contribution in [0.15, 0.2) is 30.6 Å². The molecule has 1 aromatic heterocycles. The van der Waals surface area contributed by atoms with Crippen LogP contribution in [-0.4, -0.2) is 15.7 Å². The van der Waals surface area contributed by atoms with Crippen LogP contribution in [0.25, 0.3) is 5.69 Å². The number of halogens is 1. The summed E-state index contributed by atoms with van der Waals surface area (Å²) in [4.78, 5) is 11.0. The number of nitrogens with zero attached hydrogens (tertiary/aromatic N) is 2. The number of carbonyl (C=O) groups is 1. The lowest BCUT2D eigenvalue weighted by molar-refractivity contribution is 0.100. The first kappa shape index (κ1) is 11.6. The maximum Gasteiger partial charge on any atom is 0.251 e. The summed E-state index contributed by atoms with van der Waals surface area (Å²) in [6, 6.07) is 5.38. The number of nitrogens with two attached hydrogens (primary N) is 2. The highest BCUT2D eigenvalue weighted by Crippen LogP contribution is 2.22. The van der Waals surface area contributed by atoms with Gasteiger partial charge in [-0.25, -0.2) is 4.68 Å². The molecule has 2 rings (SSSR count). The van der Waals surface area contributed by atoms with Crippen LogP contribution < -0.4 is 11.5 Å². The fourth-order valence-corrected chi connectivity index (χ4v) is 1.79. The number of amides is 1. The molecule has 6 heteroatoms. The van der Waals surface area contributed by atoms with Gasteiger partial charge < -0.3 is 11.5 Å². The Bertz CT molecular complexity index is 564. The summed E-state index contributed by atoms with van der Waals surface area (Å²) in [6.07, 6.45) is 2.96. The number of rotatable bonds is 3. The van der Waals surface area contributed by atoms with Crippen LogP contribution >= 0.6 is 11.6 Å². The van der Waals surface area contributed by atoms with Gasteiger partial charge in [0, 0.05) is 23.3 Å². The minimum atomic E-state index is -0.521. The van der Waals surface area contributed by atoms with Gasteiger partial charge in [0.2, 0.25) is 0 Å². The van der Waals surface area contributed by atoms with Gasteiger partial charge in [0.05, 0.1) is 17.4 Å². The topological polar surface area (TPSA) is 86.9 Å². The Morgan fingerprint density at radius 3 is 2.82 bits per heavy atom. The van der Waals surface area contributed by atoms with Crippen LogP contribution in [-0.2, 0) is 6.54 Å². The van der Waals surface area contributed by atoms with Crippen molar-refractivity contribution in [1.82, 2.24) is 9.78 Å². The lowest BCUT2D eigenvalue weighted by atomic mass is 10.2. The molecule has 0 unspecified atom stereocenters. The average molecular weight is 251 g/mol. The lowest BCUT2D eigenvalue weighted by Gasteiger charge is -2.09. The number of primary amides is 1. The molecule has 0 radical (unpaired) electrons. The van der Waals surface area contributed by atoms with E-state index >= 15 is 0 Å². The van der Waals surface area contributed by atoms with Crippen molar-refractivity contribution in [2.45, 2.75) is 6.54 Å². The van der Waals surface area contributed by atoms with E-state index in [4.69, 9.17) is 23.1 Å². The highest BCUT2D eigenvalue weighted by Gasteiger charge is 2.10. The van der Waals surface area contributed by atoms with Crippen LogP contribution in [0.5, 0.6) is 0 Å². The molecule has 1 heterocycles. The van der Waals surface area contributed by atoms with E-state index in [1.165, 1.54) is 10.9 Å². The zero-order valence-corrected chi connectivity index (χ0v) is 9.69. The Labute approximate surface area is 103 Å². The molecule has 0 aliphatic heterocycles. The van der Waals surface area contributed by atoms with Crippen LogP contribution in [0.1, 0.15) is 15.9 Å². The Hall–Kier alpha value is -1.85. The Morgan fingerprint density at radius 2 is 2.24 bits per heavy atom. The predicted octanol–water partition coefficient (Wildman–Crippen LogP) is 1.08. The second-order valence-corrected chi connectivity index (χ2v) is 3.89. The molecule has 0 saturated carbocycles. The molecular weight excluding hydrogens is 240 g/mol. The Kier molecular flexibility index (Phi) is 3.12. The minimum absolute atomic E-state index is 0.292. The molecule has 0 fully saturated rings. The number of carbonyl (C=O) groups excluding carboxylic acids is 1. The maximum atomic E-state index is 11.0. The van der Waals surface area contributed by atoms with Gasteiger partial charge in [0.15, 0.2) is 0 Å². The monoisotopic (exact) mass is 250 g/mol. The first-order chi connectivity index (χ1) is 8.13. The van der Waals surface area contributed by atoms with Crippen molar-refractivity contribution in [3.8, 4) is 5.69 Å². The number of aromatic nitrogens is 2. The summed E-state index contributed by atoms with van der Waals surface area (Å²) in [7, 11) is 0. The molecule has 1 amide bonds. The normalized spacial score (nSPS) is 10.5. The second-order valence-electron chi connectivity index (χ2n) is 3.48. The van der Waals surface area contributed by atoms with Gasteiger partial charge in [-0.3, -0.25) is 4.79 Å². The zero-order valence-electron chi connectivity index (χ0n) is 8.93. The average Bonchev–Trinajstić information content (AvgIpc) is 2.77. The van der Waals surface area contributed by atoms with Gasteiger partial charge in [-0.1, -0.05) is 17.7 Å². The highest BCUT2D eigenvalue weighted by molar-refractivity contribution is 6.31. The first-order valence-electron chi connectivity index (χ1n) is 4.95. The molecule has 0 aliphatic carbocycles. The summed E-state index contributed by atoms with van der Waals surface area (Å²) in [5.41, 5.74) is 12.7. The molecule has 0 bridgehead atoms. The molecule has 88 valence electrons. The summed E-state index contributed by atoms with van der Waals surface area (Å²) >= 11 is 6.04. The molecule has 0 spiro atoms. The van der Waals surface area contributed by atoms with E-state index in [9.17, 15) is 4.79 Å². The van der Waals surface area contributed by atoms with Gasteiger partial charge >= 0.3 is 0 Å². The fourth-order valence-electron chi connectivity index (χ4n) is 1.55. The van der Waals surface area contributed by atoms with Crippen molar-refractivity contribution in [3.05, 3.63) is 46.7 Å². The first-order valence-corrected chi connectivity index (χ1v) is 5.33. The van der Waals surface area contributed by atoms with E-state index in [0.717, 1.165) is 11.3 Å². The molecular formula is C11H11ClN4O. The standard InChI is InChI=1S/C11H11ClN4O/c12-9-2-1-3-10(8(9)4-13)16-6-7(5-15-16)11(14)17/h1-3,5-6H,4,13H2,(H2,14,17). The molecule has 17 heavy (non-hydrogen) atoms. The summed E-state index contributed by atoms with van der Waals surface area (Å²) in [6.45, 7) is 0.292. The van der Waals surface area contributed by atoms with Crippen molar-refractivity contribution in [2.75, 3.05) is 0 Å². The predicted molar refractivity (Wildman–Crippen MR) is 65.0 cm³/mol. The Balaban J connectivity index is 2.52. The van der Waals surface area contributed by atoms with Gasteiger partial charge in [-0.15, -0.1) is 0 Å². The smallest absolute Gasteiger partial charge is 0.251 e. The minimum Gasteiger partial charge on any atom is -0.366 e. The van der Waals surface area contributed by atoms with Gasteiger partial charge in [0.1, 0.15) is 0 Å². The summed E-state index contributed by atoms with van der Waals surface area (Å²) < 4.78 is 1.54. The third kappa shape index (κ3) is 2.15. The number of hydrogen-bond acceptors (Lipinski definition) is 3. The number of benzene rings is 1. The van der Waals surface area contributed by atoms with Crippen LogP contribution in [0.3, 0.4) is 0 Å². The van der Waals surface area contributed by atoms with E-state index in [1.54, 1.807) is 18.3 Å². The van der Waals surface area contributed by atoms with Crippen molar-refractivity contribution < 1.29 is 4.79 Å². The summed E-state index contributed by atoms with van der Waals surface area (Å²) in [5, 5.41) is 4.63. The fraction of sp³-hybridized carbons (Fsp3) is 0.0909. The van der Waals surface area contributed by atoms with Crippen LogP contribution in [0, 0.1) is 0 Å². The third-order valence-corrected chi connectivity index (χ3v) is 2.77. The molecule has 0 atom stereocenters. The van der Waals surface area contributed by atoms with Gasteiger partial charge in [-0.2, -0.15) is 5.10 Å². The van der Waals surface area contributed by atoms with Gasteiger partial charge in [0.25, 0.3) is 5.91 Å². The van der Waals surface area contributed by atoms with Crippen LogP contribution in [0.4, 0.5) is 0 Å². The Morgan fingerprint density at radius 1 is 1.47 bits per heavy atom. The highest BCUT2D eigenvalue weighted by atomic mass is 35.5.